The van der Waals surface area contributed by atoms with Crippen molar-refractivity contribution in [3.8, 4) is 0 Å². The van der Waals surface area contributed by atoms with Gasteiger partial charge in [0.1, 0.15) is 11.8 Å². The molecule has 0 amide bonds. The number of ether oxygens (including phenoxy) is 1. The minimum absolute atomic E-state index is 0.229. The van der Waals surface area contributed by atoms with Crippen LogP contribution in [-0.4, -0.2) is 5.97 Å². The number of halogens is 1. The Hall–Kier alpha value is -2.59. The van der Waals surface area contributed by atoms with E-state index in [4.69, 9.17) is 20.8 Å². The van der Waals surface area contributed by atoms with Crippen molar-refractivity contribution in [2.24, 2.45) is 0 Å². The van der Waals surface area contributed by atoms with Gasteiger partial charge in [0.25, 0.3) is 0 Å². The molecule has 0 fully saturated rings. The Bertz CT molecular complexity index is 912. The molecule has 0 bridgehead atoms. The second kappa shape index (κ2) is 6.26. The van der Waals surface area contributed by atoms with E-state index in [2.05, 4.69) is 0 Å². The predicted octanol–water partition coefficient (Wildman–Crippen LogP) is 4.10. The quantitative estimate of drug-likeness (QED) is 0.679. The van der Waals surface area contributed by atoms with Gasteiger partial charge in [-0.2, -0.15) is 0 Å². The van der Waals surface area contributed by atoms with Crippen molar-refractivity contribution in [3.05, 3.63) is 81.2 Å². The van der Waals surface area contributed by atoms with E-state index in [-0.39, 0.29) is 11.0 Å². The number of hydrogen-bond donors (Lipinski definition) is 0. The highest BCUT2D eigenvalue weighted by Gasteiger charge is 2.22. The lowest BCUT2D eigenvalue weighted by Crippen LogP contribution is -2.18. The van der Waals surface area contributed by atoms with Gasteiger partial charge in [0, 0.05) is 11.9 Å². The van der Waals surface area contributed by atoms with Crippen LogP contribution >= 0.6 is 11.6 Å². The molecule has 116 valence electrons. The molecule has 3 aromatic rings. The molecule has 0 saturated heterocycles. The number of carbonyl (C=O) groups excluding carboxylic acids is 1. The van der Waals surface area contributed by atoms with Gasteiger partial charge in [-0.3, -0.25) is 9.59 Å². The van der Waals surface area contributed by atoms with Crippen molar-refractivity contribution >= 4 is 28.5 Å². The third-order valence-electron chi connectivity index (χ3n) is 3.45. The molecule has 0 aliphatic carbocycles. The minimum Gasteiger partial charge on any atom is -0.464 e. The van der Waals surface area contributed by atoms with E-state index in [0.717, 1.165) is 0 Å². The average molecular weight is 329 g/mol. The molecule has 1 heterocycles. The highest BCUT2D eigenvalue weighted by molar-refractivity contribution is 6.30. The summed E-state index contributed by atoms with van der Waals surface area (Å²) < 4.78 is 10.9. The first kappa shape index (κ1) is 15.3. The Kier molecular flexibility index (Phi) is 4.17. The van der Waals surface area contributed by atoms with Crippen LogP contribution in [0.2, 0.25) is 5.02 Å². The lowest BCUT2D eigenvalue weighted by atomic mass is 10.0. The zero-order chi connectivity index (χ0) is 16.4. The first-order chi connectivity index (χ1) is 11.1. The standard InChI is InChI=1S/C18H13ClO4/c1-11(20)23-18(12-6-8-13(19)9-7-12)15-10-22-16-5-3-2-4-14(16)17(15)21/h2-10,18H,1H3. The van der Waals surface area contributed by atoms with Crippen LogP contribution in [-0.2, 0) is 9.53 Å². The van der Waals surface area contributed by atoms with Crippen molar-refractivity contribution in [3.63, 3.8) is 0 Å². The van der Waals surface area contributed by atoms with Crippen LogP contribution in [0.15, 0.2) is 64.0 Å². The Morgan fingerprint density at radius 1 is 1.13 bits per heavy atom. The number of esters is 1. The summed E-state index contributed by atoms with van der Waals surface area (Å²) in [6, 6.07) is 13.7. The Morgan fingerprint density at radius 3 is 2.52 bits per heavy atom. The smallest absolute Gasteiger partial charge is 0.303 e. The molecule has 0 aliphatic heterocycles. The fourth-order valence-electron chi connectivity index (χ4n) is 2.39. The summed E-state index contributed by atoms with van der Waals surface area (Å²) in [5, 5.41) is 0.997. The van der Waals surface area contributed by atoms with Crippen LogP contribution in [0, 0.1) is 0 Å². The summed E-state index contributed by atoms with van der Waals surface area (Å²) in [4.78, 5) is 24.2. The minimum atomic E-state index is -0.842. The van der Waals surface area contributed by atoms with E-state index in [1.54, 1.807) is 48.5 Å². The molecule has 0 spiro atoms. The van der Waals surface area contributed by atoms with E-state index in [1.807, 2.05) is 0 Å². The maximum absolute atomic E-state index is 12.7. The van der Waals surface area contributed by atoms with Crippen molar-refractivity contribution in [2.75, 3.05) is 0 Å². The molecule has 0 N–H and O–H groups in total. The SMILES string of the molecule is CC(=O)OC(c1ccc(Cl)cc1)c1coc2ccccc2c1=O. The van der Waals surface area contributed by atoms with Crippen molar-refractivity contribution in [2.45, 2.75) is 13.0 Å². The normalized spacial score (nSPS) is 12.1. The molecular weight excluding hydrogens is 316 g/mol. The molecule has 1 aromatic heterocycles. The van der Waals surface area contributed by atoms with Crippen LogP contribution < -0.4 is 5.43 Å². The molecule has 3 rings (SSSR count). The zero-order valence-electron chi connectivity index (χ0n) is 12.3. The topological polar surface area (TPSA) is 56.5 Å². The third-order valence-corrected chi connectivity index (χ3v) is 3.70. The van der Waals surface area contributed by atoms with Crippen molar-refractivity contribution < 1.29 is 13.9 Å². The maximum Gasteiger partial charge on any atom is 0.303 e. The van der Waals surface area contributed by atoms with E-state index in [0.29, 0.717) is 21.6 Å². The van der Waals surface area contributed by atoms with E-state index < -0.39 is 12.1 Å². The number of carbonyl (C=O) groups is 1. The Morgan fingerprint density at radius 2 is 1.83 bits per heavy atom. The van der Waals surface area contributed by atoms with Crippen LogP contribution in [0.5, 0.6) is 0 Å². The number of hydrogen-bond acceptors (Lipinski definition) is 4. The number of fused-ring (bicyclic) bond motifs is 1. The first-order valence-corrected chi connectivity index (χ1v) is 7.37. The Labute approximate surface area is 137 Å². The van der Waals surface area contributed by atoms with Crippen LogP contribution in [0.3, 0.4) is 0 Å². The van der Waals surface area contributed by atoms with Gasteiger partial charge in [-0.15, -0.1) is 0 Å². The van der Waals surface area contributed by atoms with Gasteiger partial charge in [-0.25, -0.2) is 0 Å². The highest BCUT2D eigenvalue weighted by Crippen LogP contribution is 2.26. The largest absolute Gasteiger partial charge is 0.464 e. The van der Waals surface area contributed by atoms with Crippen molar-refractivity contribution in [1.29, 1.82) is 0 Å². The molecule has 0 aliphatic rings. The summed E-state index contributed by atoms with van der Waals surface area (Å²) in [5.41, 5.74) is 1.17. The van der Waals surface area contributed by atoms with Crippen LogP contribution in [0.4, 0.5) is 0 Å². The molecular formula is C18H13ClO4. The Balaban J connectivity index is 2.17. The van der Waals surface area contributed by atoms with Crippen LogP contribution in [0.1, 0.15) is 24.2 Å². The second-order valence-corrected chi connectivity index (χ2v) is 5.49. The number of para-hydroxylation sites is 1. The summed E-state index contributed by atoms with van der Waals surface area (Å²) in [5.74, 6) is -0.488. The fourth-order valence-corrected chi connectivity index (χ4v) is 2.51. The summed E-state index contributed by atoms with van der Waals surface area (Å²) in [6.45, 7) is 1.30. The highest BCUT2D eigenvalue weighted by atomic mass is 35.5. The molecule has 0 saturated carbocycles. The number of rotatable bonds is 3. The van der Waals surface area contributed by atoms with Gasteiger partial charge in [0.15, 0.2) is 11.5 Å². The molecule has 1 unspecified atom stereocenters. The van der Waals surface area contributed by atoms with Gasteiger partial charge in [-0.05, 0) is 29.8 Å². The van der Waals surface area contributed by atoms with Gasteiger partial charge in [0.05, 0.1) is 10.9 Å². The maximum atomic E-state index is 12.7. The third kappa shape index (κ3) is 3.12. The van der Waals surface area contributed by atoms with Gasteiger partial charge < -0.3 is 9.15 Å². The van der Waals surface area contributed by atoms with Gasteiger partial charge in [0.2, 0.25) is 0 Å². The van der Waals surface area contributed by atoms with Crippen molar-refractivity contribution in [1.82, 2.24) is 0 Å². The monoisotopic (exact) mass is 328 g/mol. The lowest BCUT2D eigenvalue weighted by molar-refractivity contribution is -0.144. The van der Waals surface area contributed by atoms with E-state index >= 15 is 0 Å². The molecule has 0 radical (unpaired) electrons. The number of benzene rings is 2. The molecule has 2 aromatic carbocycles. The zero-order valence-corrected chi connectivity index (χ0v) is 13.0. The average Bonchev–Trinajstić information content (AvgIpc) is 2.54. The summed E-state index contributed by atoms with van der Waals surface area (Å²) >= 11 is 5.89. The summed E-state index contributed by atoms with van der Waals surface area (Å²) in [7, 11) is 0. The van der Waals surface area contributed by atoms with Gasteiger partial charge >= 0.3 is 5.97 Å². The van der Waals surface area contributed by atoms with E-state index in [1.165, 1.54) is 13.2 Å². The first-order valence-electron chi connectivity index (χ1n) is 6.99. The lowest BCUT2D eigenvalue weighted by Gasteiger charge is -2.17. The van der Waals surface area contributed by atoms with Crippen LogP contribution in [0.25, 0.3) is 11.0 Å². The molecule has 1 atom stereocenters. The predicted molar refractivity (Wildman–Crippen MR) is 87.5 cm³/mol. The molecule has 4 nitrogen and oxygen atoms in total. The second-order valence-electron chi connectivity index (χ2n) is 5.06. The van der Waals surface area contributed by atoms with Gasteiger partial charge in [-0.1, -0.05) is 35.9 Å². The van der Waals surface area contributed by atoms with E-state index in [9.17, 15) is 9.59 Å². The summed E-state index contributed by atoms with van der Waals surface area (Å²) in [6.07, 6.45) is 0.498. The molecule has 23 heavy (non-hydrogen) atoms. The fraction of sp³-hybridized carbons (Fsp3) is 0.111. The molecule has 5 heteroatoms.